The smallest absolute Gasteiger partial charge is 0.274 e. The predicted molar refractivity (Wildman–Crippen MR) is 107 cm³/mol. The monoisotopic (exact) mass is 360 g/mol. The molecule has 0 radical (unpaired) electrons. The number of benzene rings is 2. The number of nitrogens with one attached hydrogen (secondary N) is 1. The zero-order chi connectivity index (χ0) is 19.1. The van der Waals surface area contributed by atoms with Crippen LogP contribution < -0.4 is 5.32 Å². The number of anilines is 1. The molecule has 0 bridgehead atoms. The average Bonchev–Trinajstić information content (AvgIpc) is 2.72. The first-order valence-electron chi connectivity index (χ1n) is 9.08. The molecule has 0 saturated carbocycles. The van der Waals surface area contributed by atoms with Crippen LogP contribution in [0.3, 0.4) is 0 Å². The number of hydrogen-bond acceptors (Lipinski definition) is 4. The van der Waals surface area contributed by atoms with Gasteiger partial charge in [0.2, 0.25) is 0 Å². The van der Waals surface area contributed by atoms with E-state index in [1.54, 1.807) is 11.1 Å². The van der Waals surface area contributed by atoms with Crippen molar-refractivity contribution in [3.63, 3.8) is 0 Å². The molecule has 27 heavy (non-hydrogen) atoms. The van der Waals surface area contributed by atoms with Gasteiger partial charge in [0.15, 0.2) is 0 Å². The number of aromatic nitrogens is 2. The maximum atomic E-state index is 12.9. The van der Waals surface area contributed by atoms with Crippen LogP contribution in [0.1, 0.15) is 35.5 Å². The van der Waals surface area contributed by atoms with E-state index in [4.69, 9.17) is 0 Å². The van der Waals surface area contributed by atoms with Crippen molar-refractivity contribution in [3.05, 3.63) is 89.9 Å². The topological polar surface area (TPSA) is 58.1 Å². The maximum absolute atomic E-state index is 12.9. The lowest BCUT2D eigenvalue weighted by Gasteiger charge is -2.26. The van der Waals surface area contributed by atoms with E-state index in [2.05, 4.69) is 15.3 Å². The summed E-state index contributed by atoms with van der Waals surface area (Å²) in [5.74, 6) is 0.533. The van der Waals surface area contributed by atoms with Crippen LogP contribution in [0.2, 0.25) is 0 Å². The summed E-state index contributed by atoms with van der Waals surface area (Å²) in [5.41, 5.74) is 2.60. The van der Waals surface area contributed by atoms with Crippen molar-refractivity contribution >= 4 is 11.7 Å². The van der Waals surface area contributed by atoms with Gasteiger partial charge < -0.3 is 10.2 Å². The third-order valence-corrected chi connectivity index (χ3v) is 4.27. The summed E-state index contributed by atoms with van der Waals surface area (Å²) in [6.45, 7) is 5.22. The Kier molecular flexibility index (Phi) is 6.15. The molecule has 0 aliphatic rings. The molecule has 0 spiro atoms. The van der Waals surface area contributed by atoms with E-state index in [9.17, 15) is 4.79 Å². The van der Waals surface area contributed by atoms with E-state index in [0.717, 1.165) is 11.1 Å². The number of carbonyl (C=O) groups is 1. The fourth-order valence-corrected chi connectivity index (χ4v) is 2.73. The Hall–Kier alpha value is -3.21. The fourth-order valence-electron chi connectivity index (χ4n) is 2.73. The summed E-state index contributed by atoms with van der Waals surface area (Å²) < 4.78 is 0. The second kappa shape index (κ2) is 8.94. The van der Waals surface area contributed by atoms with Crippen molar-refractivity contribution in [1.29, 1.82) is 0 Å². The summed E-state index contributed by atoms with van der Waals surface area (Å²) in [6, 6.07) is 20.1. The number of rotatable bonds is 7. The SMILES string of the molecule is CC(C)N(Cc1ccccc1)C(=O)c1cnc(NCc2ccccc2)cn1. The van der Waals surface area contributed by atoms with Crippen LogP contribution in [0, 0.1) is 0 Å². The van der Waals surface area contributed by atoms with Gasteiger partial charge in [0.25, 0.3) is 5.91 Å². The Morgan fingerprint density at radius 1 is 0.926 bits per heavy atom. The van der Waals surface area contributed by atoms with Crippen LogP contribution in [-0.4, -0.2) is 26.8 Å². The lowest BCUT2D eigenvalue weighted by Crippen LogP contribution is -2.36. The molecular formula is C22H24N4O. The molecule has 138 valence electrons. The highest BCUT2D eigenvalue weighted by Gasteiger charge is 2.20. The Morgan fingerprint density at radius 2 is 1.56 bits per heavy atom. The Labute approximate surface area is 160 Å². The first kappa shape index (κ1) is 18.6. The van der Waals surface area contributed by atoms with Gasteiger partial charge in [-0.05, 0) is 25.0 Å². The molecule has 0 aliphatic heterocycles. The third-order valence-electron chi connectivity index (χ3n) is 4.27. The van der Waals surface area contributed by atoms with Crippen molar-refractivity contribution in [1.82, 2.24) is 14.9 Å². The standard InChI is InChI=1S/C22H24N4O/c1-17(2)26(16-19-11-7-4-8-12-19)22(27)20-14-25-21(15-23-20)24-13-18-9-5-3-6-10-18/h3-12,14-15,17H,13,16H2,1-2H3,(H,24,25). The first-order chi connectivity index (χ1) is 13.1. The molecule has 0 saturated heterocycles. The minimum Gasteiger partial charge on any atom is -0.365 e. The summed E-state index contributed by atoms with van der Waals surface area (Å²) >= 11 is 0. The van der Waals surface area contributed by atoms with Gasteiger partial charge in [-0.25, -0.2) is 9.97 Å². The molecule has 3 rings (SSSR count). The van der Waals surface area contributed by atoms with Crippen molar-refractivity contribution in [2.45, 2.75) is 33.0 Å². The summed E-state index contributed by atoms with van der Waals surface area (Å²) in [4.78, 5) is 23.3. The molecule has 5 nitrogen and oxygen atoms in total. The highest BCUT2D eigenvalue weighted by Crippen LogP contribution is 2.13. The molecule has 0 atom stereocenters. The second-order valence-electron chi connectivity index (χ2n) is 6.64. The largest absolute Gasteiger partial charge is 0.365 e. The van der Waals surface area contributed by atoms with Gasteiger partial charge in [-0.1, -0.05) is 60.7 Å². The molecule has 1 aromatic heterocycles. The maximum Gasteiger partial charge on any atom is 0.274 e. The molecule has 3 aromatic rings. The van der Waals surface area contributed by atoms with Crippen LogP contribution in [-0.2, 0) is 13.1 Å². The molecule has 0 unspecified atom stereocenters. The normalized spacial score (nSPS) is 10.6. The Morgan fingerprint density at radius 3 is 2.11 bits per heavy atom. The van der Waals surface area contributed by atoms with Crippen molar-refractivity contribution in [3.8, 4) is 0 Å². The van der Waals surface area contributed by atoms with Crippen LogP contribution >= 0.6 is 0 Å². The Bertz CT molecular complexity index is 849. The average molecular weight is 360 g/mol. The van der Waals surface area contributed by atoms with Crippen molar-refractivity contribution in [2.75, 3.05) is 5.32 Å². The summed E-state index contributed by atoms with van der Waals surface area (Å²) in [5, 5.41) is 3.22. The summed E-state index contributed by atoms with van der Waals surface area (Å²) in [7, 11) is 0. The number of nitrogens with zero attached hydrogens (tertiary/aromatic N) is 3. The molecule has 0 fully saturated rings. The lowest BCUT2D eigenvalue weighted by atomic mass is 10.2. The van der Waals surface area contributed by atoms with E-state index in [0.29, 0.717) is 24.6 Å². The van der Waals surface area contributed by atoms with Crippen LogP contribution in [0.25, 0.3) is 0 Å². The van der Waals surface area contributed by atoms with E-state index in [-0.39, 0.29) is 11.9 Å². The van der Waals surface area contributed by atoms with Gasteiger partial charge in [0.1, 0.15) is 11.5 Å². The van der Waals surface area contributed by atoms with Gasteiger partial charge in [-0.2, -0.15) is 0 Å². The molecule has 5 heteroatoms. The minimum atomic E-state index is -0.115. The third kappa shape index (κ3) is 5.14. The van der Waals surface area contributed by atoms with Gasteiger partial charge in [0.05, 0.1) is 12.4 Å². The first-order valence-corrected chi connectivity index (χ1v) is 9.08. The van der Waals surface area contributed by atoms with Crippen LogP contribution in [0.15, 0.2) is 73.1 Å². The molecule has 1 N–H and O–H groups in total. The van der Waals surface area contributed by atoms with Crippen LogP contribution in [0.4, 0.5) is 5.82 Å². The molecule has 2 aromatic carbocycles. The highest BCUT2D eigenvalue weighted by atomic mass is 16.2. The highest BCUT2D eigenvalue weighted by molar-refractivity contribution is 5.92. The summed E-state index contributed by atoms with van der Waals surface area (Å²) in [6.07, 6.45) is 3.15. The second-order valence-corrected chi connectivity index (χ2v) is 6.64. The van der Waals surface area contributed by atoms with E-state index < -0.39 is 0 Å². The van der Waals surface area contributed by atoms with Crippen LogP contribution in [0.5, 0.6) is 0 Å². The van der Waals surface area contributed by atoms with E-state index >= 15 is 0 Å². The van der Waals surface area contributed by atoms with Gasteiger partial charge in [-0.3, -0.25) is 4.79 Å². The number of hydrogen-bond donors (Lipinski definition) is 1. The zero-order valence-electron chi connectivity index (χ0n) is 15.7. The van der Waals surface area contributed by atoms with Gasteiger partial charge in [0, 0.05) is 19.1 Å². The molecule has 1 heterocycles. The van der Waals surface area contributed by atoms with Crippen molar-refractivity contribution < 1.29 is 4.79 Å². The number of carbonyl (C=O) groups excluding carboxylic acids is 1. The zero-order valence-corrected chi connectivity index (χ0v) is 15.7. The minimum absolute atomic E-state index is 0.0652. The van der Waals surface area contributed by atoms with E-state index in [1.165, 1.54) is 6.20 Å². The lowest BCUT2D eigenvalue weighted by molar-refractivity contribution is 0.0684. The molecular weight excluding hydrogens is 336 g/mol. The fraction of sp³-hybridized carbons (Fsp3) is 0.227. The van der Waals surface area contributed by atoms with Gasteiger partial charge in [-0.15, -0.1) is 0 Å². The predicted octanol–water partition coefficient (Wildman–Crippen LogP) is 4.14. The Balaban J connectivity index is 1.66. The van der Waals surface area contributed by atoms with E-state index in [1.807, 2.05) is 74.5 Å². The number of amides is 1. The molecule has 0 aliphatic carbocycles. The van der Waals surface area contributed by atoms with Crippen molar-refractivity contribution in [2.24, 2.45) is 0 Å². The quantitative estimate of drug-likeness (QED) is 0.688. The van der Waals surface area contributed by atoms with Gasteiger partial charge >= 0.3 is 0 Å². The molecule has 1 amide bonds.